The number of aromatic nitrogens is 2. The molecule has 82 valence electrons. The lowest BCUT2D eigenvalue weighted by Crippen LogP contribution is -1.91. The molecule has 0 fully saturated rings. The first-order valence-corrected chi connectivity index (χ1v) is 5.09. The number of rotatable bonds is 2. The number of nitriles is 1. The van der Waals surface area contributed by atoms with E-state index in [0.717, 1.165) is 0 Å². The molecule has 4 nitrogen and oxygen atoms in total. The molecule has 1 aromatic heterocycles. The van der Waals surface area contributed by atoms with Gasteiger partial charge in [-0.05, 0) is 29.3 Å². The van der Waals surface area contributed by atoms with Gasteiger partial charge in [-0.15, -0.1) is 0 Å². The first-order chi connectivity index (χ1) is 8.24. The summed E-state index contributed by atoms with van der Waals surface area (Å²) >= 11 is 5.59. The number of nitrogens with zero attached hydrogens (tertiary/aromatic N) is 3. The monoisotopic (exact) mass is 243 g/mol. The van der Waals surface area contributed by atoms with Crippen LogP contribution in [0.15, 0.2) is 30.6 Å². The Bertz CT molecular complexity index is 602. The van der Waals surface area contributed by atoms with Crippen molar-refractivity contribution in [3.05, 3.63) is 47.0 Å². The van der Waals surface area contributed by atoms with Crippen LogP contribution < -0.4 is 0 Å². The van der Waals surface area contributed by atoms with Crippen LogP contribution in [0.4, 0.5) is 0 Å². The highest BCUT2D eigenvalue weighted by Gasteiger charge is 2.06. The fourth-order valence-electron chi connectivity index (χ4n) is 1.44. The maximum Gasteiger partial charge on any atom is 0.222 e. The molecule has 0 saturated heterocycles. The van der Waals surface area contributed by atoms with Crippen molar-refractivity contribution in [1.82, 2.24) is 9.97 Å². The SMILES string of the molecule is N#Cc1ccc(-c2cnc(Cl)nc2)c(C=O)c1. The first-order valence-electron chi connectivity index (χ1n) is 4.72. The summed E-state index contributed by atoms with van der Waals surface area (Å²) in [6.45, 7) is 0. The molecular weight excluding hydrogens is 238 g/mol. The molecule has 17 heavy (non-hydrogen) atoms. The van der Waals surface area contributed by atoms with Crippen molar-refractivity contribution in [1.29, 1.82) is 5.26 Å². The topological polar surface area (TPSA) is 66.6 Å². The van der Waals surface area contributed by atoms with E-state index >= 15 is 0 Å². The number of hydrogen-bond acceptors (Lipinski definition) is 4. The molecule has 2 aromatic rings. The summed E-state index contributed by atoms with van der Waals surface area (Å²) in [5.74, 6) is 0. The van der Waals surface area contributed by atoms with E-state index in [9.17, 15) is 4.79 Å². The van der Waals surface area contributed by atoms with Crippen LogP contribution in [-0.4, -0.2) is 16.3 Å². The minimum atomic E-state index is 0.148. The van der Waals surface area contributed by atoms with Gasteiger partial charge in [0.25, 0.3) is 0 Å². The lowest BCUT2D eigenvalue weighted by molar-refractivity contribution is 0.112. The van der Waals surface area contributed by atoms with E-state index < -0.39 is 0 Å². The van der Waals surface area contributed by atoms with Crippen LogP contribution in [-0.2, 0) is 0 Å². The highest BCUT2D eigenvalue weighted by molar-refractivity contribution is 6.28. The number of aldehydes is 1. The molecule has 0 N–H and O–H groups in total. The highest BCUT2D eigenvalue weighted by Crippen LogP contribution is 2.22. The van der Waals surface area contributed by atoms with Crippen LogP contribution in [0, 0.1) is 11.3 Å². The third-order valence-corrected chi connectivity index (χ3v) is 2.43. The van der Waals surface area contributed by atoms with Crippen molar-refractivity contribution in [2.75, 3.05) is 0 Å². The number of hydrogen-bond donors (Lipinski definition) is 0. The second-order valence-electron chi connectivity index (χ2n) is 3.27. The lowest BCUT2D eigenvalue weighted by Gasteiger charge is -2.04. The van der Waals surface area contributed by atoms with E-state index in [4.69, 9.17) is 16.9 Å². The first kappa shape index (κ1) is 11.2. The van der Waals surface area contributed by atoms with Gasteiger partial charge in [0.1, 0.15) is 0 Å². The van der Waals surface area contributed by atoms with Crippen molar-refractivity contribution in [3.63, 3.8) is 0 Å². The van der Waals surface area contributed by atoms with E-state index in [-0.39, 0.29) is 5.28 Å². The van der Waals surface area contributed by atoms with E-state index in [2.05, 4.69) is 9.97 Å². The minimum absolute atomic E-state index is 0.148. The Kier molecular flexibility index (Phi) is 3.12. The average Bonchev–Trinajstić information content (AvgIpc) is 2.39. The van der Waals surface area contributed by atoms with Crippen molar-refractivity contribution >= 4 is 17.9 Å². The molecule has 0 aliphatic heterocycles. The van der Waals surface area contributed by atoms with Gasteiger partial charge >= 0.3 is 0 Å². The van der Waals surface area contributed by atoms with Crippen LogP contribution in [0.3, 0.4) is 0 Å². The van der Waals surface area contributed by atoms with E-state index in [1.54, 1.807) is 12.1 Å². The van der Waals surface area contributed by atoms with E-state index in [1.165, 1.54) is 18.5 Å². The Morgan fingerprint density at radius 1 is 1.29 bits per heavy atom. The van der Waals surface area contributed by atoms with Crippen LogP contribution in [0.1, 0.15) is 15.9 Å². The predicted octanol–water partition coefficient (Wildman–Crippen LogP) is 2.48. The number of halogens is 1. The van der Waals surface area contributed by atoms with Gasteiger partial charge in [0, 0.05) is 23.5 Å². The lowest BCUT2D eigenvalue weighted by atomic mass is 10.0. The summed E-state index contributed by atoms with van der Waals surface area (Å²) in [6.07, 6.45) is 3.76. The summed E-state index contributed by atoms with van der Waals surface area (Å²) in [7, 11) is 0. The summed E-state index contributed by atoms with van der Waals surface area (Å²) in [5.41, 5.74) is 2.22. The largest absolute Gasteiger partial charge is 0.298 e. The van der Waals surface area contributed by atoms with Crippen LogP contribution >= 0.6 is 11.6 Å². The van der Waals surface area contributed by atoms with Gasteiger partial charge in [-0.3, -0.25) is 4.79 Å². The summed E-state index contributed by atoms with van der Waals surface area (Å²) in [6, 6.07) is 6.83. The van der Waals surface area contributed by atoms with Crippen LogP contribution in [0.2, 0.25) is 5.28 Å². The third-order valence-electron chi connectivity index (χ3n) is 2.24. The van der Waals surface area contributed by atoms with Gasteiger partial charge < -0.3 is 0 Å². The predicted molar refractivity (Wildman–Crippen MR) is 62.6 cm³/mol. The van der Waals surface area contributed by atoms with Crippen LogP contribution in [0.5, 0.6) is 0 Å². The van der Waals surface area contributed by atoms with E-state index in [1.807, 2.05) is 6.07 Å². The van der Waals surface area contributed by atoms with Gasteiger partial charge in [-0.25, -0.2) is 9.97 Å². The Balaban J connectivity index is 2.56. The van der Waals surface area contributed by atoms with Crippen molar-refractivity contribution < 1.29 is 4.79 Å². The standard InChI is InChI=1S/C12H6ClN3O/c13-12-15-5-10(6-16-12)11-2-1-8(4-14)3-9(11)7-17/h1-3,5-7H. The Labute approximate surface area is 103 Å². The Morgan fingerprint density at radius 3 is 2.59 bits per heavy atom. The van der Waals surface area contributed by atoms with Gasteiger partial charge in [-0.2, -0.15) is 5.26 Å². The summed E-state index contributed by atoms with van der Waals surface area (Å²) in [4.78, 5) is 18.7. The summed E-state index contributed by atoms with van der Waals surface area (Å²) in [5, 5.41) is 8.90. The zero-order valence-corrected chi connectivity index (χ0v) is 9.35. The van der Waals surface area contributed by atoms with Crippen molar-refractivity contribution in [2.24, 2.45) is 0 Å². The molecule has 0 unspecified atom stereocenters. The quantitative estimate of drug-likeness (QED) is 0.600. The maximum atomic E-state index is 11.0. The fraction of sp³-hybridized carbons (Fsp3) is 0. The Hall–Kier alpha value is -2.25. The minimum Gasteiger partial charge on any atom is -0.298 e. The summed E-state index contributed by atoms with van der Waals surface area (Å²) < 4.78 is 0. The molecule has 0 spiro atoms. The molecule has 0 radical (unpaired) electrons. The molecule has 1 heterocycles. The van der Waals surface area contributed by atoms with Gasteiger partial charge in [0.05, 0.1) is 11.6 Å². The van der Waals surface area contributed by atoms with Gasteiger partial charge in [-0.1, -0.05) is 6.07 Å². The number of benzene rings is 1. The molecule has 0 aliphatic carbocycles. The second kappa shape index (κ2) is 4.73. The molecule has 2 rings (SSSR count). The maximum absolute atomic E-state index is 11.0. The molecule has 0 saturated carbocycles. The zero-order chi connectivity index (χ0) is 12.3. The molecule has 0 aliphatic rings. The molecular formula is C12H6ClN3O. The average molecular weight is 244 g/mol. The number of carbonyl (C=O) groups is 1. The smallest absolute Gasteiger partial charge is 0.222 e. The molecule has 0 atom stereocenters. The number of carbonyl (C=O) groups excluding carboxylic acids is 1. The Morgan fingerprint density at radius 2 is 2.00 bits per heavy atom. The zero-order valence-electron chi connectivity index (χ0n) is 8.59. The third kappa shape index (κ3) is 2.30. The molecule has 1 aromatic carbocycles. The highest BCUT2D eigenvalue weighted by atomic mass is 35.5. The van der Waals surface area contributed by atoms with Crippen molar-refractivity contribution in [2.45, 2.75) is 0 Å². The fourth-order valence-corrected chi connectivity index (χ4v) is 1.54. The molecule has 5 heteroatoms. The normalized spacial score (nSPS) is 9.65. The van der Waals surface area contributed by atoms with Gasteiger partial charge in [0.2, 0.25) is 5.28 Å². The van der Waals surface area contributed by atoms with Crippen molar-refractivity contribution in [3.8, 4) is 17.2 Å². The molecule has 0 amide bonds. The van der Waals surface area contributed by atoms with Gasteiger partial charge in [0.15, 0.2) is 6.29 Å². The molecule has 0 bridgehead atoms. The van der Waals surface area contributed by atoms with Crippen LogP contribution in [0.25, 0.3) is 11.1 Å². The second-order valence-corrected chi connectivity index (χ2v) is 3.61. The van der Waals surface area contributed by atoms with E-state index in [0.29, 0.717) is 28.5 Å².